The van der Waals surface area contributed by atoms with Gasteiger partial charge in [0.2, 0.25) is 0 Å². The van der Waals surface area contributed by atoms with Crippen LogP contribution in [-0.4, -0.2) is 18.8 Å². The predicted octanol–water partition coefficient (Wildman–Crippen LogP) is 3.45. The van der Waals surface area contributed by atoms with Gasteiger partial charge in [0.1, 0.15) is 17.4 Å². The lowest BCUT2D eigenvalue weighted by atomic mass is 10.1. The lowest BCUT2D eigenvalue weighted by Gasteiger charge is -2.11. The molecule has 132 valence electrons. The van der Waals surface area contributed by atoms with Gasteiger partial charge in [-0.15, -0.1) is 11.8 Å². The smallest absolute Gasteiger partial charge is 0.349 e. The molecule has 0 saturated carbocycles. The molecule has 1 amide bonds. The van der Waals surface area contributed by atoms with E-state index in [9.17, 15) is 9.59 Å². The minimum Gasteiger partial charge on any atom is -0.424 e. The van der Waals surface area contributed by atoms with Gasteiger partial charge in [0.25, 0.3) is 5.91 Å². The monoisotopic (exact) mass is 359 g/mol. The molecule has 5 nitrogen and oxygen atoms in total. The van der Waals surface area contributed by atoms with E-state index >= 15 is 0 Å². The average Bonchev–Trinajstić information content (AvgIpc) is 3.14. The van der Waals surface area contributed by atoms with Crippen LogP contribution in [0.4, 0.5) is 0 Å². The van der Waals surface area contributed by atoms with Crippen molar-refractivity contribution >= 4 is 17.7 Å². The maximum absolute atomic E-state index is 12.4. The molecule has 25 heavy (non-hydrogen) atoms. The molecule has 1 N–H and O–H groups in total. The predicted molar refractivity (Wildman–Crippen MR) is 97.0 cm³/mol. The lowest BCUT2D eigenvalue weighted by molar-refractivity contribution is 0.0882. The Bertz CT molecular complexity index is 824. The van der Waals surface area contributed by atoms with Gasteiger partial charge in [0.15, 0.2) is 0 Å². The first-order chi connectivity index (χ1) is 12.1. The minimum atomic E-state index is -0.610. The van der Waals surface area contributed by atoms with Crippen molar-refractivity contribution in [2.45, 2.75) is 37.3 Å². The number of rotatable bonds is 5. The van der Waals surface area contributed by atoms with Crippen LogP contribution in [0.2, 0.25) is 0 Å². The van der Waals surface area contributed by atoms with Crippen LogP contribution in [0.15, 0.2) is 44.4 Å². The second-order valence-electron chi connectivity index (χ2n) is 6.03. The number of nitrogens with one attached hydrogen (secondary N) is 1. The Morgan fingerprint density at radius 3 is 2.88 bits per heavy atom. The lowest BCUT2D eigenvalue weighted by Crippen LogP contribution is -2.29. The van der Waals surface area contributed by atoms with Crippen LogP contribution in [0.5, 0.6) is 0 Å². The Balaban J connectivity index is 1.74. The Labute approximate surface area is 150 Å². The molecule has 1 unspecified atom stereocenters. The number of hydrogen-bond acceptors (Lipinski definition) is 5. The first-order valence-corrected chi connectivity index (χ1v) is 9.48. The van der Waals surface area contributed by atoms with E-state index in [1.807, 2.05) is 30.5 Å². The molecule has 0 spiro atoms. The van der Waals surface area contributed by atoms with Gasteiger partial charge in [-0.3, -0.25) is 4.79 Å². The summed E-state index contributed by atoms with van der Waals surface area (Å²) in [6.07, 6.45) is 3.60. The van der Waals surface area contributed by atoms with Crippen molar-refractivity contribution in [3.63, 3.8) is 0 Å². The number of ether oxygens (including phenoxy) is 1. The summed E-state index contributed by atoms with van der Waals surface area (Å²) in [5.41, 5.74) is 1.04. The standard InChI is InChI=1S/C19H21NO4S/c1-12-9-16(15-7-4-8-23-15)24-19(22)17(12)18(21)20-11-13-5-3-6-14(10-13)25-2/h3,5-6,9-10,15H,4,7-8,11H2,1-2H3,(H,20,21). The quantitative estimate of drug-likeness (QED) is 0.828. The third-order valence-corrected chi connectivity index (χ3v) is 4.95. The van der Waals surface area contributed by atoms with Gasteiger partial charge in [-0.25, -0.2) is 4.79 Å². The van der Waals surface area contributed by atoms with Crippen LogP contribution in [-0.2, 0) is 11.3 Å². The van der Waals surface area contributed by atoms with Crippen LogP contribution in [0.3, 0.4) is 0 Å². The first-order valence-electron chi connectivity index (χ1n) is 8.26. The Morgan fingerprint density at radius 1 is 1.36 bits per heavy atom. The molecule has 1 aliphatic rings. The van der Waals surface area contributed by atoms with E-state index < -0.39 is 11.5 Å². The average molecular weight is 359 g/mol. The summed E-state index contributed by atoms with van der Waals surface area (Å²) in [5.74, 6) is 0.0870. The van der Waals surface area contributed by atoms with Crippen LogP contribution in [0, 0.1) is 6.92 Å². The molecule has 1 fully saturated rings. The SMILES string of the molecule is CSc1cccc(CNC(=O)c2c(C)cc(C3CCCO3)oc2=O)c1. The van der Waals surface area contributed by atoms with E-state index in [0.717, 1.165) is 23.3 Å². The van der Waals surface area contributed by atoms with Crippen LogP contribution in [0.1, 0.15) is 46.2 Å². The van der Waals surface area contributed by atoms with Crippen molar-refractivity contribution in [3.8, 4) is 0 Å². The molecule has 1 saturated heterocycles. The second kappa shape index (κ2) is 7.89. The zero-order valence-electron chi connectivity index (χ0n) is 14.3. The fourth-order valence-electron chi connectivity index (χ4n) is 2.92. The fraction of sp³-hybridized carbons (Fsp3) is 0.368. The summed E-state index contributed by atoms with van der Waals surface area (Å²) >= 11 is 1.64. The van der Waals surface area contributed by atoms with Crippen LogP contribution >= 0.6 is 11.8 Å². The number of carbonyl (C=O) groups is 1. The summed E-state index contributed by atoms with van der Waals surface area (Å²) in [5, 5.41) is 2.80. The molecule has 1 aromatic carbocycles. The van der Waals surface area contributed by atoms with Crippen molar-refractivity contribution in [2.75, 3.05) is 12.9 Å². The van der Waals surface area contributed by atoms with E-state index in [-0.39, 0.29) is 11.7 Å². The Kier molecular flexibility index (Phi) is 5.60. The highest BCUT2D eigenvalue weighted by atomic mass is 32.2. The van der Waals surface area contributed by atoms with Crippen molar-refractivity contribution in [3.05, 3.63) is 63.2 Å². The number of amides is 1. The molecule has 0 bridgehead atoms. The Morgan fingerprint density at radius 2 is 2.20 bits per heavy atom. The number of hydrogen-bond donors (Lipinski definition) is 1. The van der Waals surface area contributed by atoms with E-state index in [2.05, 4.69) is 5.32 Å². The van der Waals surface area contributed by atoms with Gasteiger partial charge in [-0.05, 0) is 55.3 Å². The maximum atomic E-state index is 12.4. The fourth-order valence-corrected chi connectivity index (χ4v) is 3.40. The van der Waals surface area contributed by atoms with Gasteiger partial charge in [0.05, 0.1) is 0 Å². The summed E-state index contributed by atoms with van der Waals surface area (Å²) in [4.78, 5) is 25.9. The third kappa shape index (κ3) is 4.14. The van der Waals surface area contributed by atoms with Gasteiger partial charge in [-0.2, -0.15) is 0 Å². The van der Waals surface area contributed by atoms with Crippen molar-refractivity contribution in [1.82, 2.24) is 5.32 Å². The largest absolute Gasteiger partial charge is 0.424 e. The number of thioether (sulfide) groups is 1. The Hall–Kier alpha value is -2.05. The highest BCUT2D eigenvalue weighted by molar-refractivity contribution is 7.98. The summed E-state index contributed by atoms with van der Waals surface area (Å²) in [6, 6.07) is 9.65. The highest BCUT2D eigenvalue weighted by Crippen LogP contribution is 2.28. The molecule has 1 aliphatic heterocycles. The summed E-state index contributed by atoms with van der Waals surface area (Å²) in [7, 11) is 0. The molecule has 1 aromatic heterocycles. The topological polar surface area (TPSA) is 68.5 Å². The molecule has 6 heteroatoms. The molecule has 1 atom stereocenters. The van der Waals surface area contributed by atoms with Gasteiger partial charge in [-0.1, -0.05) is 12.1 Å². The minimum absolute atomic E-state index is 0.0581. The first kappa shape index (κ1) is 17.8. The van der Waals surface area contributed by atoms with E-state index in [4.69, 9.17) is 9.15 Å². The van der Waals surface area contributed by atoms with Gasteiger partial charge in [0, 0.05) is 18.0 Å². The van der Waals surface area contributed by atoms with Crippen LogP contribution in [0.25, 0.3) is 0 Å². The molecule has 2 heterocycles. The molecular weight excluding hydrogens is 338 g/mol. The van der Waals surface area contributed by atoms with Crippen molar-refractivity contribution in [2.24, 2.45) is 0 Å². The van der Waals surface area contributed by atoms with E-state index in [1.54, 1.807) is 24.8 Å². The number of carbonyl (C=O) groups excluding carboxylic acids is 1. The molecule has 3 rings (SSSR count). The molecule has 0 aliphatic carbocycles. The van der Waals surface area contributed by atoms with Crippen molar-refractivity contribution in [1.29, 1.82) is 0 Å². The molecule has 0 radical (unpaired) electrons. The number of aryl methyl sites for hydroxylation is 1. The molecular formula is C19H21NO4S. The summed E-state index contributed by atoms with van der Waals surface area (Å²) in [6.45, 7) is 2.78. The van der Waals surface area contributed by atoms with Crippen molar-refractivity contribution < 1.29 is 13.9 Å². The molecule has 2 aromatic rings. The van der Waals surface area contributed by atoms with Gasteiger partial charge < -0.3 is 14.5 Å². The van der Waals surface area contributed by atoms with Crippen LogP contribution < -0.4 is 10.9 Å². The van der Waals surface area contributed by atoms with E-state index in [1.165, 1.54) is 0 Å². The summed E-state index contributed by atoms with van der Waals surface area (Å²) < 4.78 is 10.9. The zero-order valence-corrected chi connectivity index (χ0v) is 15.2. The zero-order chi connectivity index (χ0) is 17.8. The van der Waals surface area contributed by atoms with Gasteiger partial charge >= 0.3 is 5.63 Å². The third-order valence-electron chi connectivity index (χ3n) is 4.23. The number of benzene rings is 1. The highest BCUT2D eigenvalue weighted by Gasteiger charge is 2.24. The normalized spacial score (nSPS) is 16.8. The second-order valence-corrected chi connectivity index (χ2v) is 6.91. The maximum Gasteiger partial charge on any atom is 0.349 e. The van der Waals surface area contributed by atoms with E-state index in [0.29, 0.717) is 24.5 Å².